The Kier molecular flexibility index (Phi) is 4.07. The lowest BCUT2D eigenvalue weighted by atomic mass is 10.1. The lowest BCUT2D eigenvalue weighted by molar-refractivity contribution is 0.525. The summed E-state index contributed by atoms with van der Waals surface area (Å²) in [4.78, 5) is 0. The zero-order valence-corrected chi connectivity index (χ0v) is 10.0. The highest BCUT2D eigenvalue weighted by molar-refractivity contribution is 5.26. The van der Waals surface area contributed by atoms with Gasteiger partial charge in [0.2, 0.25) is 0 Å². The average Bonchev–Trinajstić information content (AvgIpc) is 3.11. The Labute approximate surface area is 100 Å². The summed E-state index contributed by atoms with van der Waals surface area (Å²) in [6.45, 7) is 3.46. The maximum absolute atomic E-state index is 13.6. The summed E-state index contributed by atoms with van der Waals surface area (Å²) in [6.07, 6.45) is 2.50. The lowest BCUT2D eigenvalue weighted by Crippen LogP contribution is -2.28. The van der Waals surface area contributed by atoms with E-state index in [1.165, 1.54) is 25.0 Å². The fraction of sp³-hybridized carbons (Fsp3) is 0.538. The predicted octanol–water partition coefficient (Wildman–Crippen LogP) is 2.11. The summed E-state index contributed by atoms with van der Waals surface area (Å²) < 4.78 is 27.0. The highest BCUT2D eigenvalue weighted by Crippen LogP contribution is 2.18. The Morgan fingerprint density at radius 1 is 1.24 bits per heavy atom. The summed E-state index contributed by atoms with van der Waals surface area (Å²) in [5.41, 5.74) is 0.621. The van der Waals surface area contributed by atoms with Gasteiger partial charge in [0.15, 0.2) is 0 Å². The van der Waals surface area contributed by atoms with Gasteiger partial charge in [0, 0.05) is 31.2 Å². The van der Waals surface area contributed by atoms with Gasteiger partial charge in [0.05, 0.1) is 0 Å². The summed E-state index contributed by atoms with van der Waals surface area (Å²) in [6, 6.07) is 3.45. The van der Waals surface area contributed by atoms with Crippen molar-refractivity contribution in [1.29, 1.82) is 0 Å². The molecule has 1 aliphatic rings. The average molecular weight is 240 g/mol. The second-order valence-electron chi connectivity index (χ2n) is 4.56. The molecule has 1 saturated carbocycles. The first-order chi connectivity index (χ1) is 8.18. The van der Waals surface area contributed by atoms with E-state index in [4.69, 9.17) is 0 Å². The van der Waals surface area contributed by atoms with Gasteiger partial charge in [-0.2, -0.15) is 0 Å². The lowest BCUT2D eigenvalue weighted by Gasteiger charge is -2.09. The minimum Gasteiger partial charge on any atom is -0.313 e. The first-order valence-corrected chi connectivity index (χ1v) is 6.06. The highest BCUT2D eigenvalue weighted by Gasteiger charge is 2.19. The van der Waals surface area contributed by atoms with Crippen molar-refractivity contribution in [1.82, 2.24) is 10.6 Å². The van der Waals surface area contributed by atoms with Crippen LogP contribution in [0.2, 0.25) is 0 Å². The van der Waals surface area contributed by atoms with Crippen LogP contribution in [0.4, 0.5) is 8.78 Å². The number of hydrogen-bond acceptors (Lipinski definition) is 2. The largest absolute Gasteiger partial charge is 0.313 e. The highest BCUT2D eigenvalue weighted by atomic mass is 19.1. The van der Waals surface area contributed by atoms with Gasteiger partial charge in [-0.15, -0.1) is 0 Å². The monoisotopic (exact) mass is 240 g/mol. The molecule has 0 bridgehead atoms. The molecule has 1 aromatic rings. The van der Waals surface area contributed by atoms with Gasteiger partial charge in [-0.1, -0.05) is 6.07 Å². The molecule has 0 atom stereocenters. The number of nitrogens with one attached hydrogen (secondary N) is 2. The Hall–Kier alpha value is -1.00. The fourth-order valence-electron chi connectivity index (χ4n) is 1.74. The van der Waals surface area contributed by atoms with Gasteiger partial charge in [-0.25, -0.2) is 8.78 Å². The van der Waals surface area contributed by atoms with Gasteiger partial charge in [-0.05, 0) is 31.4 Å². The molecule has 1 aromatic carbocycles. The van der Waals surface area contributed by atoms with Crippen molar-refractivity contribution in [2.45, 2.75) is 32.4 Å². The van der Waals surface area contributed by atoms with Gasteiger partial charge < -0.3 is 10.6 Å². The fourth-order valence-corrected chi connectivity index (χ4v) is 1.74. The van der Waals surface area contributed by atoms with E-state index in [0.29, 0.717) is 11.6 Å². The van der Waals surface area contributed by atoms with Gasteiger partial charge in [0.1, 0.15) is 11.6 Å². The van der Waals surface area contributed by atoms with Crippen LogP contribution in [-0.2, 0) is 6.54 Å². The van der Waals surface area contributed by atoms with Crippen molar-refractivity contribution in [2.75, 3.05) is 13.1 Å². The zero-order valence-electron chi connectivity index (χ0n) is 10.0. The zero-order chi connectivity index (χ0) is 12.3. The summed E-state index contributed by atoms with van der Waals surface area (Å²) in [5, 5.41) is 6.38. The first kappa shape index (κ1) is 12.5. The van der Waals surface area contributed by atoms with E-state index < -0.39 is 11.6 Å². The molecule has 0 unspecified atom stereocenters. The maximum atomic E-state index is 13.6. The molecule has 17 heavy (non-hydrogen) atoms. The molecule has 0 aromatic heterocycles. The minimum atomic E-state index is -0.476. The molecule has 0 amide bonds. The molecule has 2 nitrogen and oxygen atoms in total. The van der Waals surface area contributed by atoms with Crippen LogP contribution < -0.4 is 10.6 Å². The van der Waals surface area contributed by atoms with Gasteiger partial charge in [-0.3, -0.25) is 0 Å². The molecule has 4 heteroatoms. The number of benzene rings is 1. The van der Waals surface area contributed by atoms with E-state index in [9.17, 15) is 8.78 Å². The van der Waals surface area contributed by atoms with Crippen molar-refractivity contribution in [3.63, 3.8) is 0 Å². The molecule has 94 valence electrons. The predicted molar refractivity (Wildman–Crippen MR) is 63.8 cm³/mol. The van der Waals surface area contributed by atoms with Crippen LogP contribution in [0.5, 0.6) is 0 Å². The van der Waals surface area contributed by atoms with Crippen LogP contribution in [0, 0.1) is 18.6 Å². The summed E-state index contributed by atoms with van der Waals surface area (Å²) in [7, 11) is 0. The van der Waals surface area contributed by atoms with E-state index in [0.717, 1.165) is 13.1 Å². The molecule has 0 aliphatic heterocycles. The Balaban J connectivity index is 1.78. The number of hydrogen-bond donors (Lipinski definition) is 2. The molecule has 0 heterocycles. The van der Waals surface area contributed by atoms with Crippen LogP contribution in [-0.4, -0.2) is 19.1 Å². The molecule has 0 saturated heterocycles. The van der Waals surface area contributed by atoms with Gasteiger partial charge >= 0.3 is 0 Å². The SMILES string of the molecule is Cc1ccc(F)c(CNCCNC2CC2)c1F. The van der Waals surface area contributed by atoms with Crippen LogP contribution >= 0.6 is 0 Å². The van der Waals surface area contributed by atoms with Crippen molar-refractivity contribution in [2.24, 2.45) is 0 Å². The van der Waals surface area contributed by atoms with Crippen LogP contribution in [0.3, 0.4) is 0 Å². The van der Waals surface area contributed by atoms with E-state index in [1.54, 1.807) is 6.92 Å². The smallest absolute Gasteiger partial charge is 0.133 e. The number of rotatable bonds is 6. The third kappa shape index (κ3) is 3.48. The molecular formula is C13H18F2N2. The van der Waals surface area contributed by atoms with E-state index in [2.05, 4.69) is 10.6 Å². The summed E-state index contributed by atoms with van der Waals surface area (Å²) >= 11 is 0. The molecule has 2 N–H and O–H groups in total. The molecule has 2 rings (SSSR count). The van der Waals surface area contributed by atoms with Gasteiger partial charge in [0.25, 0.3) is 0 Å². The maximum Gasteiger partial charge on any atom is 0.133 e. The topological polar surface area (TPSA) is 24.1 Å². The van der Waals surface area contributed by atoms with E-state index in [1.807, 2.05) is 0 Å². The molecule has 0 radical (unpaired) electrons. The normalized spacial score (nSPS) is 15.2. The van der Waals surface area contributed by atoms with Crippen molar-refractivity contribution >= 4 is 0 Å². The standard InChI is InChI=1S/C13H18F2N2/c1-9-2-5-12(14)11(13(9)15)8-16-6-7-17-10-3-4-10/h2,5,10,16-17H,3-4,6-8H2,1H3. The molecule has 1 fully saturated rings. The molecule has 0 spiro atoms. The minimum absolute atomic E-state index is 0.136. The molecular weight excluding hydrogens is 222 g/mol. The van der Waals surface area contributed by atoms with Crippen LogP contribution in [0.25, 0.3) is 0 Å². The van der Waals surface area contributed by atoms with Crippen LogP contribution in [0.1, 0.15) is 24.0 Å². The summed E-state index contributed by atoms with van der Waals surface area (Å²) in [5.74, 6) is -0.914. The quantitative estimate of drug-likeness (QED) is 0.744. The second kappa shape index (κ2) is 5.56. The number of halogens is 2. The Bertz CT molecular complexity index is 389. The van der Waals surface area contributed by atoms with Crippen molar-refractivity contribution in [3.8, 4) is 0 Å². The Morgan fingerprint density at radius 2 is 2.00 bits per heavy atom. The third-order valence-corrected chi connectivity index (χ3v) is 2.99. The van der Waals surface area contributed by atoms with E-state index in [-0.39, 0.29) is 12.1 Å². The van der Waals surface area contributed by atoms with Crippen molar-refractivity contribution in [3.05, 3.63) is 34.9 Å². The van der Waals surface area contributed by atoms with Crippen molar-refractivity contribution < 1.29 is 8.78 Å². The second-order valence-corrected chi connectivity index (χ2v) is 4.56. The molecule has 1 aliphatic carbocycles. The number of aryl methyl sites for hydroxylation is 1. The van der Waals surface area contributed by atoms with Crippen LogP contribution in [0.15, 0.2) is 12.1 Å². The van der Waals surface area contributed by atoms with E-state index >= 15 is 0 Å². The Morgan fingerprint density at radius 3 is 2.71 bits per heavy atom. The first-order valence-electron chi connectivity index (χ1n) is 6.06. The third-order valence-electron chi connectivity index (χ3n) is 2.99.